The van der Waals surface area contributed by atoms with Crippen LogP contribution in [0.5, 0.6) is 0 Å². The Labute approximate surface area is 189 Å². The maximum absolute atomic E-state index is 13.7. The molecule has 0 radical (unpaired) electrons. The zero-order valence-corrected chi connectivity index (χ0v) is 18.8. The standard InChI is InChI=1S/C19H26FN5O2.C2H2O4/c1-11(2)25-16-6-5-12(20)7-15(16)18(23-25)19(27)22-14-8-13(21-10-14)9-17(26)24(3)4;3-1(4)2(5)6/h5-7,11,13-14,21H,8-10H2,1-4H3,(H,22,27);(H,3,4)(H,5,6)/t13-,14-;/m0./s1. The number of carboxylic acid groups (broad SMARTS) is 2. The van der Waals surface area contributed by atoms with Crippen LogP contribution in [0.4, 0.5) is 4.39 Å². The van der Waals surface area contributed by atoms with Crippen LogP contribution in [0, 0.1) is 5.82 Å². The van der Waals surface area contributed by atoms with Crippen molar-refractivity contribution in [3.8, 4) is 0 Å². The second-order valence-corrected chi connectivity index (χ2v) is 8.16. The van der Waals surface area contributed by atoms with Crippen molar-refractivity contribution in [3.63, 3.8) is 0 Å². The summed E-state index contributed by atoms with van der Waals surface area (Å²) in [6, 6.07) is 4.36. The number of hydrogen-bond acceptors (Lipinski definition) is 6. The van der Waals surface area contributed by atoms with Gasteiger partial charge in [-0.3, -0.25) is 14.3 Å². The fourth-order valence-electron chi connectivity index (χ4n) is 3.41. The average molecular weight is 465 g/mol. The number of nitrogens with one attached hydrogen (secondary N) is 2. The summed E-state index contributed by atoms with van der Waals surface area (Å²) in [6.07, 6.45) is 1.07. The SMILES string of the molecule is CC(C)n1nc(C(=O)N[C@@H]2CN[C@H](CC(=O)N(C)C)C2)c2cc(F)ccc21.O=C(O)C(=O)O. The molecule has 12 heteroatoms. The third-order valence-corrected chi connectivity index (χ3v) is 5.03. The van der Waals surface area contributed by atoms with Gasteiger partial charge in [-0.1, -0.05) is 0 Å². The highest BCUT2D eigenvalue weighted by atomic mass is 19.1. The van der Waals surface area contributed by atoms with Crippen LogP contribution in [0.15, 0.2) is 18.2 Å². The fraction of sp³-hybridized carbons (Fsp3) is 0.476. The zero-order chi connectivity index (χ0) is 24.9. The largest absolute Gasteiger partial charge is 0.473 e. The molecular weight excluding hydrogens is 437 g/mol. The van der Waals surface area contributed by atoms with Gasteiger partial charge in [-0.15, -0.1) is 0 Å². The number of fused-ring (bicyclic) bond motifs is 1. The Morgan fingerprint density at radius 2 is 1.88 bits per heavy atom. The van der Waals surface area contributed by atoms with Gasteiger partial charge in [-0.05, 0) is 38.5 Å². The van der Waals surface area contributed by atoms with E-state index in [1.54, 1.807) is 29.7 Å². The van der Waals surface area contributed by atoms with E-state index in [0.717, 1.165) is 5.52 Å². The molecule has 0 bridgehead atoms. The van der Waals surface area contributed by atoms with Crippen LogP contribution in [0.3, 0.4) is 0 Å². The van der Waals surface area contributed by atoms with Gasteiger partial charge in [0.05, 0.1) is 5.52 Å². The second kappa shape index (κ2) is 10.9. The number of aromatic nitrogens is 2. The lowest BCUT2D eigenvalue weighted by Crippen LogP contribution is -2.36. The van der Waals surface area contributed by atoms with Crippen LogP contribution in [-0.4, -0.2) is 81.4 Å². The quantitative estimate of drug-likeness (QED) is 0.474. The van der Waals surface area contributed by atoms with Crippen LogP contribution in [0.25, 0.3) is 10.9 Å². The molecule has 1 aliphatic heterocycles. The van der Waals surface area contributed by atoms with Gasteiger partial charge in [0.25, 0.3) is 5.91 Å². The van der Waals surface area contributed by atoms with Crippen molar-refractivity contribution in [2.75, 3.05) is 20.6 Å². The summed E-state index contributed by atoms with van der Waals surface area (Å²) in [5, 5.41) is 25.9. The Bertz CT molecular complexity index is 1040. The van der Waals surface area contributed by atoms with Crippen LogP contribution in [0.1, 0.15) is 43.2 Å². The van der Waals surface area contributed by atoms with E-state index in [1.165, 1.54) is 12.1 Å². The molecule has 2 aromatic rings. The van der Waals surface area contributed by atoms with E-state index < -0.39 is 17.8 Å². The number of carbonyl (C=O) groups excluding carboxylic acids is 2. The molecule has 0 spiro atoms. The number of aliphatic carboxylic acids is 2. The normalized spacial score (nSPS) is 17.4. The van der Waals surface area contributed by atoms with Crippen molar-refractivity contribution in [2.24, 2.45) is 0 Å². The summed E-state index contributed by atoms with van der Waals surface area (Å²) in [4.78, 5) is 44.4. The van der Waals surface area contributed by atoms with E-state index in [-0.39, 0.29) is 35.6 Å². The van der Waals surface area contributed by atoms with Crippen molar-refractivity contribution in [3.05, 3.63) is 29.7 Å². The maximum atomic E-state index is 13.7. The lowest BCUT2D eigenvalue weighted by atomic mass is 10.1. The minimum Gasteiger partial charge on any atom is -0.473 e. The maximum Gasteiger partial charge on any atom is 0.414 e. The van der Waals surface area contributed by atoms with Gasteiger partial charge in [-0.25, -0.2) is 14.0 Å². The van der Waals surface area contributed by atoms with Crippen molar-refractivity contribution in [1.29, 1.82) is 0 Å². The third-order valence-electron chi connectivity index (χ3n) is 5.03. The van der Waals surface area contributed by atoms with Gasteiger partial charge >= 0.3 is 11.9 Å². The Balaban J connectivity index is 0.000000569. The van der Waals surface area contributed by atoms with Gasteiger partial charge in [0.2, 0.25) is 5.91 Å². The molecule has 1 aromatic carbocycles. The molecule has 0 aliphatic carbocycles. The van der Waals surface area contributed by atoms with E-state index in [2.05, 4.69) is 15.7 Å². The number of carboxylic acids is 2. The topological polar surface area (TPSA) is 154 Å². The van der Waals surface area contributed by atoms with E-state index in [1.807, 2.05) is 13.8 Å². The van der Waals surface area contributed by atoms with Crippen LogP contribution >= 0.6 is 0 Å². The molecule has 180 valence electrons. The van der Waals surface area contributed by atoms with Crippen molar-refractivity contribution >= 4 is 34.7 Å². The highest BCUT2D eigenvalue weighted by Gasteiger charge is 2.29. The molecule has 33 heavy (non-hydrogen) atoms. The van der Waals surface area contributed by atoms with Crippen LogP contribution in [0.2, 0.25) is 0 Å². The predicted octanol–water partition coefficient (Wildman–Crippen LogP) is 0.851. The molecule has 0 unspecified atom stereocenters. The van der Waals surface area contributed by atoms with E-state index in [0.29, 0.717) is 24.8 Å². The first-order valence-electron chi connectivity index (χ1n) is 10.3. The van der Waals surface area contributed by atoms with E-state index >= 15 is 0 Å². The lowest BCUT2D eigenvalue weighted by molar-refractivity contribution is -0.159. The Hall–Kier alpha value is -3.54. The highest BCUT2D eigenvalue weighted by Crippen LogP contribution is 2.23. The number of nitrogens with zero attached hydrogens (tertiary/aromatic N) is 3. The summed E-state index contributed by atoms with van der Waals surface area (Å²) in [7, 11) is 3.46. The monoisotopic (exact) mass is 465 g/mol. The summed E-state index contributed by atoms with van der Waals surface area (Å²) in [6.45, 7) is 4.52. The number of amides is 2. The molecule has 3 rings (SSSR count). The fourth-order valence-corrected chi connectivity index (χ4v) is 3.41. The molecular formula is C21H28FN5O6. The molecule has 11 nitrogen and oxygen atoms in total. The Kier molecular flexibility index (Phi) is 8.46. The van der Waals surface area contributed by atoms with E-state index in [4.69, 9.17) is 19.8 Å². The summed E-state index contributed by atoms with van der Waals surface area (Å²) in [5.41, 5.74) is 0.960. The first-order valence-corrected chi connectivity index (χ1v) is 10.3. The van der Waals surface area contributed by atoms with Gasteiger partial charge in [0, 0.05) is 50.6 Å². The first-order chi connectivity index (χ1) is 15.4. The van der Waals surface area contributed by atoms with Crippen molar-refractivity contribution in [2.45, 2.75) is 44.8 Å². The van der Waals surface area contributed by atoms with Crippen LogP contribution < -0.4 is 10.6 Å². The molecule has 1 aliphatic rings. The van der Waals surface area contributed by atoms with Crippen molar-refractivity contribution < 1.29 is 33.8 Å². The number of hydrogen-bond donors (Lipinski definition) is 4. The third kappa shape index (κ3) is 6.72. The molecule has 2 heterocycles. The minimum absolute atomic E-state index is 0.0348. The van der Waals surface area contributed by atoms with Crippen molar-refractivity contribution in [1.82, 2.24) is 25.3 Å². The summed E-state index contributed by atoms with van der Waals surface area (Å²) in [5.74, 6) is -4.32. The molecule has 1 fully saturated rings. The molecule has 4 N–H and O–H groups in total. The molecule has 2 amide bonds. The highest BCUT2D eigenvalue weighted by molar-refractivity contribution is 6.27. The molecule has 2 atom stereocenters. The van der Waals surface area contributed by atoms with Crippen LogP contribution in [-0.2, 0) is 14.4 Å². The second-order valence-electron chi connectivity index (χ2n) is 8.16. The Morgan fingerprint density at radius 1 is 1.24 bits per heavy atom. The van der Waals surface area contributed by atoms with Gasteiger partial charge in [-0.2, -0.15) is 5.10 Å². The van der Waals surface area contributed by atoms with Gasteiger partial charge < -0.3 is 25.7 Å². The molecule has 1 saturated heterocycles. The number of halogens is 1. The number of rotatable bonds is 5. The van der Waals surface area contributed by atoms with Gasteiger partial charge in [0.1, 0.15) is 5.82 Å². The zero-order valence-electron chi connectivity index (χ0n) is 18.8. The number of benzene rings is 1. The van der Waals surface area contributed by atoms with Gasteiger partial charge in [0.15, 0.2) is 5.69 Å². The first kappa shape index (κ1) is 25.7. The average Bonchev–Trinajstić information content (AvgIpc) is 3.32. The smallest absolute Gasteiger partial charge is 0.414 e. The number of carbonyl (C=O) groups is 4. The summed E-state index contributed by atoms with van der Waals surface area (Å²) >= 11 is 0. The Morgan fingerprint density at radius 3 is 2.42 bits per heavy atom. The predicted molar refractivity (Wildman–Crippen MR) is 116 cm³/mol. The summed E-state index contributed by atoms with van der Waals surface area (Å²) < 4.78 is 15.4. The molecule has 1 aromatic heterocycles. The molecule has 0 saturated carbocycles. The minimum atomic E-state index is -1.82. The lowest BCUT2D eigenvalue weighted by Gasteiger charge is -2.14. The van der Waals surface area contributed by atoms with E-state index in [9.17, 15) is 14.0 Å².